The van der Waals surface area contributed by atoms with Crippen LogP contribution in [-0.4, -0.2) is 55.9 Å². The fraction of sp³-hybridized carbons (Fsp3) is 0.458. The van der Waals surface area contributed by atoms with Crippen molar-refractivity contribution in [2.24, 2.45) is 0 Å². The van der Waals surface area contributed by atoms with Gasteiger partial charge in [0.15, 0.2) is 5.82 Å². The molecule has 3 aromatic heterocycles. The third-order valence-electron chi connectivity index (χ3n) is 6.90. The smallest absolute Gasteiger partial charge is 0.247 e. The maximum Gasteiger partial charge on any atom is 0.247 e. The predicted molar refractivity (Wildman–Crippen MR) is 127 cm³/mol. The van der Waals surface area contributed by atoms with Gasteiger partial charge in [-0.2, -0.15) is 14.5 Å². The van der Waals surface area contributed by atoms with E-state index in [1.807, 2.05) is 11.0 Å². The number of rotatable bonds is 6. The van der Waals surface area contributed by atoms with E-state index in [1.165, 1.54) is 18.3 Å². The fourth-order valence-corrected chi connectivity index (χ4v) is 4.85. The molecule has 1 aliphatic carbocycles. The Bertz CT molecular complexity index is 1270. The van der Waals surface area contributed by atoms with Gasteiger partial charge >= 0.3 is 0 Å². The molecule has 2 atom stereocenters. The second-order valence-corrected chi connectivity index (χ2v) is 9.82. The van der Waals surface area contributed by atoms with E-state index in [2.05, 4.69) is 39.7 Å². The molecule has 182 valence electrons. The van der Waals surface area contributed by atoms with Gasteiger partial charge in [-0.1, -0.05) is 13.8 Å². The van der Waals surface area contributed by atoms with Crippen molar-refractivity contribution >= 4 is 29.2 Å². The molecule has 0 aromatic carbocycles. The average molecular weight is 479 g/mol. The molecule has 3 N–H and O–H groups in total. The summed E-state index contributed by atoms with van der Waals surface area (Å²) >= 11 is 0. The summed E-state index contributed by atoms with van der Waals surface area (Å²) in [5.74, 6) is 1.45. The molecule has 3 aliphatic rings. The Morgan fingerprint density at radius 2 is 2.17 bits per heavy atom. The van der Waals surface area contributed by atoms with E-state index < -0.39 is 12.0 Å². The summed E-state index contributed by atoms with van der Waals surface area (Å²) < 4.78 is 18.9. The molecule has 2 aliphatic heterocycles. The van der Waals surface area contributed by atoms with E-state index in [0.717, 1.165) is 42.8 Å². The van der Waals surface area contributed by atoms with E-state index in [-0.39, 0.29) is 11.5 Å². The molecule has 10 nitrogen and oxygen atoms in total. The van der Waals surface area contributed by atoms with E-state index in [1.54, 1.807) is 0 Å². The summed E-state index contributed by atoms with van der Waals surface area (Å²) in [6, 6.07) is 4.27. The largest absolute Gasteiger partial charge is 0.369 e. The van der Waals surface area contributed by atoms with Gasteiger partial charge in [-0.3, -0.25) is 9.89 Å². The number of nitrogens with zero attached hydrogens (tertiary/aromatic N) is 5. The van der Waals surface area contributed by atoms with E-state index in [9.17, 15) is 9.18 Å². The summed E-state index contributed by atoms with van der Waals surface area (Å²) in [5, 5.41) is 13.7. The van der Waals surface area contributed by atoms with Gasteiger partial charge in [-0.05, 0) is 30.9 Å². The van der Waals surface area contributed by atoms with Crippen LogP contribution in [0.25, 0.3) is 0 Å². The third kappa shape index (κ3) is 4.20. The number of anilines is 4. The van der Waals surface area contributed by atoms with Crippen LogP contribution in [0.3, 0.4) is 0 Å². The number of H-pyrrole nitrogens is 1. The van der Waals surface area contributed by atoms with Gasteiger partial charge in [0, 0.05) is 36.7 Å². The predicted octanol–water partition coefficient (Wildman–Crippen LogP) is 3.08. The molecule has 0 radical (unpaired) electrons. The molecule has 2 fully saturated rings. The fourth-order valence-electron chi connectivity index (χ4n) is 4.85. The van der Waals surface area contributed by atoms with Gasteiger partial charge in [0.05, 0.1) is 24.2 Å². The zero-order chi connectivity index (χ0) is 24.2. The van der Waals surface area contributed by atoms with Crippen LogP contribution in [0.1, 0.15) is 49.6 Å². The van der Waals surface area contributed by atoms with E-state index >= 15 is 0 Å². The first-order chi connectivity index (χ1) is 16.9. The van der Waals surface area contributed by atoms with Crippen LogP contribution in [-0.2, 0) is 22.4 Å². The molecule has 0 saturated carbocycles. The van der Waals surface area contributed by atoms with Crippen molar-refractivity contribution in [2.75, 3.05) is 28.7 Å². The molecule has 11 heteroatoms. The molecule has 5 heterocycles. The Balaban J connectivity index is 1.29. The van der Waals surface area contributed by atoms with Crippen molar-refractivity contribution in [1.29, 1.82) is 0 Å². The minimum atomic E-state index is -0.591. The number of carbonyl (C=O) groups is 1. The average Bonchev–Trinajstić information content (AvgIpc) is 3.21. The number of hydrogen-bond acceptors (Lipinski definition) is 8. The van der Waals surface area contributed by atoms with Gasteiger partial charge in [0.2, 0.25) is 17.8 Å². The highest BCUT2D eigenvalue weighted by Gasteiger charge is 2.51. The minimum Gasteiger partial charge on any atom is -0.369 e. The van der Waals surface area contributed by atoms with Crippen LogP contribution in [0.5, 0.6) is 0 Å². The van der Waals surface area contributed by atoms with E-state index in [4.69, 9.17) is 14.7 Å². The third-order valence-corrected chi connectivity index (χ3v) is 6.90. The van der Waals surface area contributed by atoms with Crippen molar-refractivity contribution < 1.29 is 13.9 Å². The van der Waals surface area contributed by atoms with Crippen molar-refractivity contribution in [2.45, 2.75) is 57.1 Å². The number of amides is 1. The molecule has 2 saturated heterocycles. The van der Waals surface area contributed by atoms with Crippen molar-refractivity contribution in [3.63, 3.8) is 0 Å². The maximum absolute atomic E-state index is 13.1. The van der Waals surface area contributed by atoms with Gasteiger partial charge in [-0.25, -0.2) is 9.97 Å². The lowest BCUT2D eigenvalue weighted by Gasteiger charge is -2.25. The van der Waals surface area contributed by atoms with Crippen LogP contribution >= 0.6 is 0 Å². The molecule has 1 unspecified atom stereocenters. The first kappa shape index (κ1) is 21.9. The number of ether oxygens (including phenoxy) is 1. The van der Waals surface area contributed by atoms with Crippen molar-refractivity contribution in [1.82, 2.24) is 25.1 Å². The summed E-state index contributed by atoms with van der Waals surface area (Å²) in [7, 11) is 0. The zero-order valence-electron chi connectivity index (χ0n) is 19.6. The SMILES string of the molecule is CC(C)c1cc(Nc2nc(N3CCC[C@H]3C(=O)Nc3ccc(F)nc3)nc3c2CC2(CO2)C3)n[nH]1. The Morgan fingerprint density at radius 3 is 2.89 bits per heavy atom. The number of pyridine rings is 1. The normalized spacial score (nSPS) is 22.6. The topological polar surface area (TPSA) is 124 Å². The first-order valence-corrected chi connectivity index (χ1v) is 11.9. The summed E-state index contributed by atoms with van der Waals surface area (Å²) in [4.78, 5) is 28.4. The van der Waals surface area contributed by atoms with Crippen LogP contribution in [0.4, 0.5) is 27.7 Å². The highest BCUT2D eigenvalue weighted by Crippen LogP contribution is 2.44. The number of fused-ring (bicyclic) bond motifs is 1. The van der Waals surface area contributed by atoms with Crippen molar-refractivity contribution in [3.05, 3.63) is 47.3 Å². The lowest BCUT2D eigenvalue weighted by Crippen LogP contribution is -2.40. The van der Waals surface area contributed by atoms with Crippen LogP contribution in [0.15, 0.2) is 24.4 Å². The lowest BCUT2D eigenvalue weighted by molar-refractivity contribution is -0.117. The van der Waals surface area contributed by atoms with Crippen LogP contribution in [0.2, 0.25) is 0 Å². The molecule has 6 rings (SSSR count). The van der Waals surface area contributed by atoms with E-state index in [0.29, 0.717) is 42.2 Å². The summed E-state index contributed by atoms with van der Waals surface area (Å²) in [6.45, 7) is 5.59. The van der Waals surface area contributed by atoms with Gasteiger partial charge < -0.3 is 20.3 Å². The van der Waals surface area contributed by atoms with Crippen LogP contribution in [0, 0.1) is 5.95 Å². The number of halogens is 1. The van der Waals surface area contributed by atoms with Gasteiger partial charge in [0.25, 0.3) is 0 Å². The molecule has 3 aromatic rings. The Morgan fingerprint density at radius 1 is 1.31 bits per heavy atom. The standard InChI is InChI=1S/C24H27FN8O2/c1-13(2)16-8-20(32-31-16)29-21-15-9-24(12-35-24)10-17(15)28-23(30-21)33-7-3-4-18(33)22(34)27-14-5-6-19(25)26-11-14/h5-6,8,11,13,18H,3-4,7,9-10,12H2,1-2H3,(H,27,34)(H2,28,29,30,31,32)/t18-,24?/m0/s1. The zero-order valence-corrected chi connectivity index (χ0v) is 19.6. The molecule has 35 heavy (non-hydrogen) atoms. The second-order valence-electron chi connectivity index (χ2n) is 9.82. The molecular formula is C24H27FN8O2. The monoisotopic (exact) mass is 478 g/mol. The highest BCUT2D eigenvalue weighted by atomic mass is 19.1. The Labute approximate surface area is 201 Å². The summed E-state index contributed by atoms with van der Waals surface area (Å²) in [5.41, 5.74) is 3.30. The van der Waals surface area contributed by atoms with Crippen molar-refractivity contribution in [3.8, 4) is 0 Å². The second kappa shape index (κ2) is 8.26. The quantitative estimate of drug-likeness (QED) is 0.365. The molecule has 1 spiro atoms. The minimum absolute atomic E-state index is 0.169. The maximum atomic E-state index is 13.1. The first-order valence-electron chi connectivity index (χ1n) is 11.9. The van der Waals surface area contributed by atoms with Crippen LogP contribution < -0.4 is 15.5 Å². The number of hydrogen-bond donors (Lipinski definition) is 3. The molecular weight excluding hydrogens is 451 g/mol. The number of aromatic amines is 1. The molecule has 1 amide bonds. The summed E-state index contributed by atoms with van der Waals surface area (Å²) in [6.07, 6.45) is 4.32. The lowest BCUT2D eigenvalue weighted by atomic mass is 10.1. The number of aromatic nitrogens is 5. The Hall–Kier alpha value is -3.60. The molecule has 0 bridgehead atoms. The number of epoxide rings is 1. The highest BCUT2D eigenvalue weighted by molar-refractivity contribution is 5.96. The van der Waals surface area contributed by atoms with Gasteiger partial charge in [0.1, 0.15) is 17.5 Å². The number of nitrogens with one attached hydrogen (secondary N) is 3. The van der Waals surface area contributed by atoms with Gasteiger partial charge in [-0.15, -0.1) is 0 Å². The number of carbonyl (C=O) groups excluding carboxylic acids is 1. The Kier molecular flexibility index (Phi) is 5.17.